The molecule has 0 spiro atoms. The molecule has 16 heavy (non-hydrogen) atoms. The summed E-state index contributed by atoms with van der Waals surface area (Å²) in [7, 11) is 0. The van der Waals surface area contributed by atoms with Gasteiger partial charge in [0.1, 0.15) is 12.1 Å². The summed E-state index contributed by atoms with van der Waals surface area (Å²) in [5, 5.41) is 0. The minimum Gasteiger partial charge on any atom is -0.454 e. The van der Waals surface area contributed by atoms with Gasteiger partial charge in [-0.15, -0.1) is 0 Å². The van der Waals surface area contributed by atoms with E-state index in [1.807, 2.05) is 0 Å². The van der Waals surface area contributed by atoms with Crippen LogP contribution in [0, 0.1) is 0 Å². The highest BCUT2D eigenvalue weighted by atomic mass is 16.5. The Bertz CT molecular complexity index is 480. The van der Waals surface area contributed by atoms with Crippen LogP contribution in [0.4, 0.5) is 0 Å². The van der Waals surface area contributed by atoms with Crippen LogP contribution in [-0.4, -0.2) is 15.8 Å². The Morgan fingerprint density at radius 3 is 2.25 bits per heavy atom. The molecule has 0 unspecified atom stereocenters. The SMILES string of the molecule is CC(=O)c1ccc(Oc2cncnc2)cc1. The summed E-state index contributed by atoms with van der Waals surface area (Å²) in [4.78, 5) is 18.7. The van der Waals surface area contributed by atoms with Gasteiger partial charge >= 0.3 is 0 Å². The first-order chi connectivity index (χ1) is 7.75. The third-order valence-corrected chi connectivity index (χ3v) is 2.03. The summed E-state index contributed by atoms with van der Waals surface area (Å²) in [5.74, 6) is 1.26. The van der Waals surface area contributed by atoms with Crippen molar-refractivity contribution in [2.75, 3.05) is 0 Å². The van der Waals surface area contributed by atoms with Crippen molar-refractivity contribution in [3.05, 3.63) is 48.5 Å². The molecular formula is C12H10N2O2. The number of benzene rings is 1. The Kier molecular flexibility index (Phi) is 2.91. The number of hydrogen-bond acceptors (Lipinski definition) is 4. The molecule has 0 bridgehead atoms. The second-order valence-corrected chi connectivity index (χ2v) is 3.26. The summed E-state index contributed by atoms with van der Waals surface area (Å²) in [6.07, 6.45) is 4.59. The predicted molar refractivity (Wildman–Crippen MR) is 58.6 cm³/mol. The molecule has 0 N–H and O–H groups in total. The zero-order valence-corrected chi connectivity index (χ0v) is 8.75. The zero-order valence-electron chi connectivity index (χ0n) is 8.75. The molecule has 1 heterocycles. The molecular weight excluding hydrogens is 204 g/mol. The summed E-state index contributed by atoms with van der Waals surface area (Å²) in [6.45, 7) is 1.53. The van der Waals surface area contributed by atoms with Crippen molar-refractivity contribution < 1.29 is 9.53 Å². The van der Waals surface area contributed by atoms with Crippen LogP contribution in [0.25, 0.3) is 0 Å². The number of rotatable bonds is 3. The zero-order chi connectivity index (χ0) is 11.4. The van der Waals surface area contributed by atoms with Crippen LogP contribution in [0.2, 0.25) is 0 Å². The van der Waals surface area contributed by atoms with Crippen molar-refractivity contribution >= 4 is 5.78 Å². The number of aromatic nitrogens is 2. The number of nitrogens with zero attached hydrogens (tertiary/aromatic N) is 2. The average molecular weight is 214 g/mol. The number of carbonyl (C=O) groups excluding carboxylic acids is 1. The maximum atomic E-state index is 11.1. The fourth-order valence-corrected chi connectivity index (χ4v) is 1.23. The van der Waals surface area contributed by atoms with E-state index in [0.29, 0.717) is 17.1 Å². The van der Waals surface area contributed by atoms with Gasteiger partial charge in [0, 0.05) is 5.56 Å². The Labute approximate surface area is 92.9 Å². The molecule has 1 aromatic heterocycles. The van der Waals surface area contributed by atoms with Crippen molar-refractivity contribution in [2.24, 2.45) is 0 Å². The molecule has 80 valence electrons. The molecule has 0 radical (unpaired) electrons. The number of carbonyl (C=O) groups is 1. The van der Waals surface area contributed by atoms with Gasteiger partial charge in [-0.05, 0) is 31.2 Å². The van der Waals surface area contributed by atoms with Gasteiger partial charge in [0.15, 0.2) is 11.5 Å². The number of ketones is 1. The molecule has 0 fully saturated rings. The maximum absolute atomic E-state index is 11.1. The van der Waals surface area contributed by atoms with E-state index >= 15 is 0 Å². The first-order valence-electron chi connectivity index (χ1n) is 4.79. The maximum Gasteiger partial charge on any atom is 0.163 e. The molecule has 0 amide bonds. The van der Waals surface area contributed by atoms with Gasteiger partial charge in [-0.25, -0.2) is 9.97 Å². The largest absolute Gasteiger partial charge is 0.454 e. The lowest BCUT2D eigenvalue weighted by Crippen LogP contribution is -1.91. The van der Waals surface area contributed by atoms with Crippen LogP contribution < -0.4 is 4.74 Å². The fourth-order valence-electron chi connectivity index (χ4n) is 1.23. The quantitative estimate of drug-likeness (QED) is 0.736. The molecule has 0 aliphatic heterocycles. The molecule has 0 atom stereocenters. The van der Waals surface area contributed by atoms with Crippen molar-refractivity contribution in [3.63, 3.8) is 0 Å². The highest BCUT2D eigenvalue weighted by molar-refractivity contribution is 5.94. The van der Waals surface area contributed by atoms with E-state index in [9.17, 15) is 4.79 Å². The van der Waals surface area contributed by atoms with E-state index in [4.69, 9.17) is 4.74 Å². The van der Waals surface area contributed by atoms with E-state index in [1.165, 1.54) is 13.3 Å². The number of ether oxygens (including phenoxy) is 1. The summed E-state index contributed by atoms with van der Waals surface area (Å²) in [6, 6.07) is 6.93. The van der Waals surface area contributed by atoms with Crippen LogP contribution in [-0.2, 0) is 0 Å². The third kappa shape index (κ3) is 2.42. The summed E-state index contributed by atoms with van der Waals surface area (Å²) >= 11 is 0. The van der Waals surface area contributed by atoms with E-state index in [2.05, 4.69) is 9.97 Å². The monoisotopic (exact) mass is 214 g/mol. The molecule has 0 aliphatic carbocycles. The second kappa shape index (κ2) is 4.53. The van der Waals surface area contributed by atoms with Gasteiger partial charge in [-0.2, -0.15) is 0 Å². The summed E-state index contributed by atoms with van der Waals surface area (Å²) < 4.78 is 5.48. The lowest BCUT2D eigenvalue weighted by atomic mass is 10.1. The highest BCUT2D eigenvalue weighted by Crippen LogP contribution is 2.19. The van der Waals surface area contributed by atoms with Gasteiger partial charge in [-0.3, -0.25) is 4.79 Å². The van der Waals surface area contributed by atoms with Crippen LogP contribution in [0.3, 0.4) is 0 Å². The minimum absolute atomic E-state index is 0.0367. The van der Waals surface area contributed by atoms with E-state index in [0.717, 1.165) is 0 Å². The molecule has 1 aromatic carbocycles. The van der Waals surface area contributed by atoms with Crippen molar-refractivity contribution in [1.29, 1.82) is 0 Å². The topological polar surface area (TPSA) is 52.1 Å². The highest BCUT2D eigenvalue weighted by Gasteiger charge is 2.00. The van der Waals surface area contributed by atoms with Crippen LogP contribution >= 0.6 is 0 Å². The Hall–Kier alpha value is -2.23. The first-order valence-corrected chi connectivity index (χ1v) is 4.79. The second-order valence-electron chi connectivity index (χ2n) is 3.26. The average Bonchev–Trinajstić information content (AvgIpc) is 2.31. The Morgan fingerprint density at radius 1 is 1.06 bits per heavy atom. The van der Waals surface area contributed by atoms with Gasteiger partial charge in [-0.1, -0.05) is 0 Å². The molecule has 0 aliphatic rings. The molecule has 4 nitrogen and oxygen atoms in total. The van der Waals surface area contributed by atoms with Crippen molar-refractivity contribution in [1.82, 2.24) is 9.97 Å². The standard InChI is InChI=1S/C12H10N2O2/c1-9(15)10-2-4-11(5-3-10)16-12-6-13-8-14-7-12/h2-8H,1H3. The normalized spacial score (nSPS) is 9.81. The predicted octanol–water partition coefficient (Wildman–Crippen LogP) is 2.47. The van der Waals surface area contributed by atoms with Gasteiger partial charge in [0.2, 0.25) is 0 Å². The number of hydrogen-bond donors (Lipinski definition) is 0. The van der Waals surface area contributed by atoms with Gasteiger partial charge in [0.05, 0.1) is 12.4 Å². The van der Waals surface area contributed by atoms with Crippen molar-refractivity contribution in [2.45, 2.75) is 6.92 Å². The fraction of sp³-hybridized carbons (Fsp3) is 0.0833. The Morgan fingerprint density at radius 2 is 1.69 bits per heavy atom. The first kappa shape index (κ1) is 10.3. The molecule has 2 rings (SSSR count). The van der Waals surface area contributed by atoms with E-state index in [1.54, 1.807) is 36.7 Å². The van der Waals surface area contributed by atoms with Crippen molar-refractivity contribution in [3.8, 4) is 11.5 Å². The minimum atomic E-state index is 0.0367. The third-order valence-electron chi connectivity index (χ3n) is 2.03. The molecule has 4 heteroatoms. The van der Waals surface area contributed by atoms with Gasteiger partial charge < -0.3 is 4.74 Å². The van der Waals surface area contributed by atoms with Crippen LogP contribution in [0.1, 0.15) is 17.3 Å². The van der Waals surface area contributed by atoms with Crippen LogP contribution in [0.5, 0.6) is 11.5 Å². The molecule has 0 saturated carbocycles. The van der Waals surface area contributed by atoms with E-state index < -0.39 is 0 Å². The summed E-state index contributed by atoms with van der Waals surface area (Å²) in [5.41, 5.74) is 0.664. The van der Waals surface area contributed by atoms with Crippen LogP contribution in [0.15, 0.2) is 43.0 Å². The van der Waals surface area contributed by atoms with E-state index in [-0.39, 0.29) is 5.78 Å². The smallest absolute Gasteiger partial charge is 0.163 e. The molecule has 2 aromatic rings. The number of Topliss-reactive ketones (excluding diaryl/α,β-unsaturated/α-hetero) is 1. The van der Waals surface area contributed by atoms with Gasteiger partial charge in [0.25, 0.3) is 0 Å². The lowest BCUT2D eigenvalue weighted by Gasteiger charge is -2.04. The lowest BCUT2D eigenvalue weighted by molar-refractivity contribution is 0.101. The Balaban J connectivity index is 2.14. The molecule has 0 saturated heterocycles.